The van der Waals surface area contributed by atoms with E-state index in [9.17, 15) is 19.5 Å². The molecule has 4 rings (SSSR count). The van der Waals surface area contributed by atoms with Gasteiger partial charge in [-0.1, -0.05) is 60.7 Å². The summed E-state index contributed by atoms with van der Waals surface area (Å²) < 4.78 is 0. The predicted molar refractivity (Wildman–Crippen MR) is 167 cm³/mol. The second-order valence-electron chi connectivity index (χ2n) is 11.2. The Bertz CT molecular complexity index is 1410. The molecular formula is C32H39N5O4S. The van der Waals surface area contributed by atoms with Gasteiger partial charge in [-0.3, -0.25) is 9.59 Å². The molecule has 222 valence electrons. The van der Waals surface area contributed by atoms with Gasteiger partial charge in [0, 0.05) is 35.7 Å². The number of nitrogens with one attached hydrogen (secondary N) is 3. The molecule has 42 heavy (non-hydrogen) atoms. The van der Waals surface area contributed by atoms with E-state index in [4.69, 9.17) is 5.73 Å². The van der Waals surface area contributed by atoms with Gasteiger partial charge in [-0.15, -0.1) is 11.8 Å². The zero-order chi connectivity index (χ0) is 30.3. The number of hydrogen-bond acceptors (Lipinski definition) is 6. The smallest absolute Gasteiger partial charge is 0.312 e. The molecule has 0 radical (unpaired) electrons. The molecule has 0 aromatic heterocycles. The standard InChI is InChI=1S/C32H39N5O4S/c1-21(38)17-35-32(2,3)16-29(39)36-26-20-42-28-11-7-6-10-27(28)37(30(26)40)19-22-12-14-23(15-13-22)25-9-5-4-8-24(25)18-34-31(33)41/h4-15,21,26,35,38H,16-20H2,1-3H3,(H,36,39)(H3,33,34,41)/t21-,26-/m1/s1. The van der Waals surface area contributed by atoms with E-state index in [1.54, 1.807) is 23.6 Å². The van der Waals surface area contributed by atoms with Gasteiger partial charge in [0.2, 0.25) is 5.91 Å². The molecule has 2 atom stereocenters. The SMILES string of the molecule is C[C@@H](O)CNC(C)(C)CC(=O)N[C@@H]1CSc2ccccc2N(Cc2ccc(-c3ccccc3CNC(N)=O)cc2)C1=O. The number of primary amides is 1. The van der Waals surface area contributed by atoms with Crippen LogP contribution in [0.2, 0.25) is 0 Å². The third-order valence-corrected chi connectivity index (χ3v) is 8.17. The van der Waals surface area contributed by atoms with E-state index in [2.05, 4.69) is 16.0 Å². The van der Waals surface area contributed by atoms with Crippen molar-refractivity contribution in [3.05, 3.63) is 83.9 Å². The van der Waals surface area contributed by atoms with Crippen molar-refractivity contribution in [2.75, 3.05) is 17.2 Å². The highest BCUT2D eigenvalue weighted by Gasteiger charge is 2.33. The molecule has 0 spiro atoms. The van der Waals surface area contributed by atoms with Crippen molar-refractivity contribution in [2.45, 2.75) is 62.9 Å². The summed E-state index contributed by atoms with van der Waals surface area (Å²) in [4.78, 5) is 40.9. The van der Waals surface area contributed by atoms with Gasteiger partial charge in [0.1, 0.15) is 6.04 Å². The van der Waals surface area contributed by atoms with Crippen molar-refractivity contribution < 1.29 is 19.5 Å². The van der Waals surface area contributed by atoms with Crippen molar-refractivity contribution in [3.8, 4) is 11.1 Å². The van der Waals surface area contributed by atoms with Gasteiger partial charge in [-0.25, -0.2) is 4.79 Å². The lowest BCUT2D eigenvalue weighted by Gasteiger charge is -2.29. The maximum atomic E-state index is 13.9. The molecule has 0 saturated carbocycles. The average Bonchev–Trinajstić information content (AvgIpc) is 3.08. The lowest BCUT2D eigenvalue weighted by atomic mass is 9.98. The molecule has 0 aliphatic carbocycles. The fourth-order valence-electron chi connectivity index (χ4n) is 4.86. The maximum Gasteiger partial charge on any atom is 0.312 e. The second-order valence-corrected chi connectivity index (χ2v) is 12.2. The van der Waals surface area contributed by atoms with Crippen molar-refractivity contribution in [2.24, 2.45) is 5.73 Å². The Hall–Kier alpha value is -3.86. The van der Waals surface area contributed by atoms with E-state index in [1.165, 1.54) is 0 Å². The van der Waals surface area contributed by atoms with E-state index in [0.29, 0.717) is 25.4 Å². The Morgan fingerprint density at radius 3 is 2.48 bits per heavy atom. The van der Waals surface area contributed by atoms with Gasteiger partial charge >= 0.3 is 6.03 Å². The number of carbonyl (C=O) groups excluding carboxylic acids is 3. The van der Waals surface area contributed by atoms with E-state index in [0.717, 1.165) is 32.8 Å². The van der Waals surface area contributed by atoms with Gasteiger partial charge in [0.25, 0.3) is 5.91 Å². The van der Waals surface area contributed by atoms with Crippen LogP contribution in [0.5, 0.6) is 0 Å². The van der Waals surface area contributed by atoms with Crippen LogP contribution in [0.4, 0.5) is 10.5 Å². The Labute approximate surface area is 251 Å². The predicted octanol–water partition coefficient (Wildman–Crippen LogP) is 3.78. The zero-order valence-corrected chi connectivity index (χ0v) is 25.0. The van der Waals surface area contributed by atoms with Crippen LogP contribution in [0.15, 0.2) is 77.7 Å². The number of nitrogens with zero attached hydrogens (tertiary/aromatic N) is 1. The zero-order valence-electron chi connectivity index (χ0n) is 24.2. The number of carbonyl (C=O) groups is 3. The number of hydrogen-bond donors (Lipinski definition) is 5. The second kappa shape index (κ2) is 13.9. The summed E-state index contributed by atoms with van der Waals surface area (Å²) in [6.07, 6.45) is -0.360. The summed E-state index contributed by atoms with van der Waals surface area (Å²) in [5.41, 5.74) is 9.39. The highest BCUT2D eigenvalue weighted by molar-refractivity contribution is 7.99. The molecule has 0 fully saturated rings. The van der Waals surface area contributed by atoms with E-state index < -0.39 is 23.7 Å². The van der Waals surface area contributed by atoms with Crippen LogP contribution in [0.1, 0.15) is 38.3 Å². The van der Waals surface area contributed by atoms with E-state index in [1.807, 2.05) is 86.6 Å². The molecule has 1 heterocycles. The summed E-state index contributed by atoms with van der Waals surface area (Å²) in [6, 6.07) is 22.3. The highest BCUT2D eigenvalue weighted by atomic mass is 32.2. The largest absolute Gasteiger partial charge is 0.392 e. The van der Waals surface area contributed by atoms with Crippen LogP contribution >= 0.6 is 11.8 Å². The summed E-state index contributed by atoms with van der Waals surface area (Å²) >= 11 is 1.55. The van der Waals surface area contributed by atoms with Gasteiger partial charge in [0.05, 0.1) is 18.3 Å². The van der Waals surface area contributed by atoms with Crippen LogP contribution in [-0.2, 0) is 22.7 Å². The molecule has 1 aliphatic rings. The molecule has 1 aliphatic heterocycles. The first-order valence-corrected chi connectivity index (χ1v) is 15.0. The molecule has 3 aromatic rings. The molecule has 9 nitrogen and oxygen atoms in total. The van der Waals surface area contributed by atoms with Crippen molar-refractivity contribution in [1.29, 1.82) is 0 Å². The minimum atomic E-state index is -0.689. The molecule has 10 heteroatoms. The number of nitrogens with two attached hydrogens (primary N) is 1. The number of thioether (sulfide) groups is 1. The fourth-order valence-corrected chi connectivity index (χ4v) is 5.94. The lowest BCUT2D eigenvalue weighted by Crippen LogP contribution is -2.52. The lowest BCUT2D eigenvalue weighted by molar-refractivity contribution is -0.127. The Morgan fingerprint density at radius 2 is 1.76 bits per heavy atom. The molecular weight excluding hydrogens is 550 g/mol. The number of aliphatic hydroxyl groups excluding tert-OH is 1. The molecule has 3 aromatic carbocycles. The monoisotopic (exact) mass is 589 g/mol. The van der Waals surface area contributed by atoms with Crippen LogP contribution in [0.25, 0.3) is 11.1 Å². The number of amides is 4. The van der Waals surface area contributed by atoms with Crippen LogP contribution in [-0.4, -0.2) is 52.9 Å². The number of aliphatic hydroxyl groups is 1. The quantitative estimate of drug-likeness (QED) is 0.231. The Balaban J connectivity index is 1.51. The number of rotatable bonds is 11. The third-order valence-electron chi connectivity index (χ3n) is 7.02. The Kier molecular flexibility index (Phi) is 10.3. The van der Waals surface area contributed by atoms with Crippen LogP contribution < -0.4 is 26.6 Å². The number of fused-ring (bicyclic) bond motifs is 1. The fraction of sp³-hybridized carbons (Fsp3) is 0.344. The first kappa shape index (κ1) is 31.1. The maximum absolute atomic E-state index is 13.9. The number of urea groups is 1. The summed E-state index contributed by atoms with van der Waals surface area (Å²) in [7, 11) is 0. The van der Waals surface area contributed by atoms with Crippen molar-refractivity contribution >= 4 is 35.3 Å². The van der Waals surface area contributed by atoms with E-state index in [-0.39, 0.29) is 18.2 Å². The number of anilines is 1. The van der Waals surface area contributed by atoms with Gasteiger partial charge < -0.3 is 31.7 Å². The minimum Gasteiger partial charge on any atom is -0.392 e. The van der Waals surface area contributed by atoms with E-state index >= 15 is 0 Å². The van der Waals surface area contributed by atoms with Crippen molar-refractivity contribution in [1.82, 2.24) is 16.0 Å². The average molecular weight is 590 g/mol. The highest BCUT2D eigenvalue weighted by Crippen LogP contribution is 2.35. The third kappa shape index (κ3) is 8.34. The molecule has 0 saturated heterocycles. The minimum absolute atomic E-state index is 0.164. The first-order valence-electron chi connectivity index (χ1n) is 14.0. The van der Waals surface area contributed by atoms with Crippen molar-refractivity contribution in [3.63, 3.8) is 0 Å². The molecule has 0 bridgehead atoms. The number of benzene rings is 3. The summed E-state index contributed by atoms with van der Waals surface area (Å²) in [5, 5.41) is 18.4. The number of para-hydroxylation sites is 1. The topological polar surface area (TPSA) is 137 Å². The molecule has 0 unspecified atom stereocenters. The summed E-state index contributed by atoms with van der Waals surface area (Å²) in [6.45, 7) is 6.53. The first-order chi connectivity index (χ1) is 20.0. The number of β-amino-alcohol motifs (C(OH)–C–C–N with tert-alkyl or cyclic N) is 1. The summed E-state index contributed by atoms with van der Waals surface area (Å²) in [5.74, 6) is 0.0357. The molecule has 6 N–H and O–H groups in total. The van der Waals surface area contributed by atoms with Gasteiger partial charge in [-0.2, -0.15) is 0 Å². The normalized spacial score (nSPS) is 15.9. The molecule has 4 amide bonds. The van der Waals surface area contributed by atoms with Crippen LogP contribution in [0.3, 0.4) is 0 Å². The van der Waals surface area contributed by atoms with Crippen LogP contribution in [0, 0.1) is 0 Å². The Morgan fingerprint density at radius 1 is 1.07 bits per heavy atom. The van der Waals surface area contributed by atoms with Gasteiger partial charge in [0.15, 0.2) is 0 Å². The van der Waals surface area contributed by atoms with Gasteiger partial charge in [-0.05, 0) is 55.2 Å².